The maximum atomic E-state index is 12.5. The molecule has 0 aliphatic heterocycles. The van der Waals surface area contributed by atoms with Gasteiger partial charge in [-0.2, -0.15) is 0 Å². The molecule has 1 atom stereocenters. The van der Waals surface area contributed by atoms with Crippen LogP contribution in [-0.2, 0) is 4.79 Å². The Kier molecular flexibility index (Phi) is 5.65. The Bertz CT molecular complexity index is 819. The average Bonchev–Trinajstić information content (AvgIpc) is 3.46. The van der Waals surface area contributed by atoms with Crippen molar-refractivity contribution in [2.45, 2.75) is 31.3 Å². The Morgan fingerprint density at radius 3 is 2.48 bits per heavy atom. The molecule has 8 heteroatoms. The Morgan fingerprint density at radius 1 is 1.15 bits per heavy atom. The smallest absolute Gasteiger partial charge is 0.319 e. The second-order valence-corrected chi connectivity index (χ2v) is 6.36. The van der Waals surface area contributed by atoms with E-state index in [9.17, 15) is 14.4 Å². The number of amides is 3. The van der Waals surface area contributed by atoms with E-state index in [4.69, 9.17) is 5.11 Å². The minimum absolute atomic E-state index is 0.252. The summed E-state index contributed by atoms with van der Waals surface area (Å²) in [5, 5.41) is 17.3. The lowest BCUT2D eigenvalue weighted by atomic mass is 10.1. The first-order chi connectivity index (χ1) is 13.0. The highest BCUT2D eigenvalue weighted by molar-refractivity contribution is 5.96. The number of carbonyl (C=O) groups excluding carboxylic acids is 2. The molecule has 0 bridgehead atoms. The minimum atomic E-state index is -1.02. The Balaban J connectivity index is 1.63. The van der Waals surface area contributed by atoms with Gasteiger partial charge >= 0.3 is 12.0 Å². The van der Waals surface area contributed by atoms with Crippen molar-refractivity contribution in [2.75, 3.05) is 5.32 Å². The number of rotatable bonds is 7. The van der Waals surface area contributed by atoms with Crippen molar-refractivity contribution in [3.63, 3.8) is 0 Å². The van der Waals surface area contributed by atoms with E-state index in [0.29, 0.717) is 16.8 Å². The summed E-state index contributed by atoms with van der Waals surface area (Å²) in [6.45, 7) is 0. The largest absolute Gasteiger partial charge is 0.481 e. The van der Waals surface area contributed by atoms with Crippen molar-refractivity contribution in [2.24, 2.45) is 0 Å². The molecule has 1 aliphatic rings. The zero-order chi connectivity index (χ0) is 19.2. The Hall–Kier alpha value is -3.42. The van der Waals surface area contributed by atoms with E-state index >= 15 is 0 Å². The lowest BCUT2D eigenvalue weighted by molar-refractivity contribution is -0.137. The maximum absolute atomic E-state index is 12.5. The van der Waals surface area contributed by atoms with Crippen LogP contribution in [0.3, 0.4) is 0 Å². The van der Waals surface area contributed by atoms with E-state index in [0.717, 1.165) is 12.8 Å². The molecule has 0 unspecified atom stereocenters. The third-order valence-electron chi connectivity index (χ3n) is 4.09. The van der Waals surface area contributed by atoms with Gasteiger partial charge in [-0.15, -0.1) is 0 Å². The number of aromatic nitrogens is 1. The summed E-state index contributed by atoms with van der Waals surface area (Å²) in [6.07, 6.45) is 4.86. The van der Waals surface area contributed by atoms with E-state index < -0.39 is 17.9 Å². The predicted molar refractivity (Wildman–Crippen MR) is 98.3 cm³/mol. The minimum Gasteiger partial charge on any atom is -0.481 e. The van der Waals surface area contributed by atoms with Crippen molar-refractivity contribution >= 4 is 23.6 Å². The van der Waals surface area contributed by atoms with Crippen LogP contribution in [0.25, 0.3) is 0 Å². The number of urea groups is 1. The summed E-state index contributed by atoms with van der Waals surface area (Å²) >= 11 is 0. The zero-order valence-electron chi connectivity index (χ0n) is 14.5. The fourth-order valence-corrected chi connectivity index (χ4v) is 2.54. The van der Waals surface area contributed by atoms with Crippen molar-refractivity contribution in [3.05, 3.63) is 59.9 Å². The molecule has 27 heavy (non-hydrogen) atoms. The number of carboxylic acid groups (broad SMARTS) is 1. The van der Waals surface area contributed by atoms with Gasteiger partial charge in [0.25, 0.3) is 5.91 Å². The molecule has 0 saturated heterocycles. The number of hydrogen-bond acceptors (Lipinski definition) is 4. The molecule has 1 fully saturated rings. The van der Waals surface area contributed by atoms with E-state index in [1.165, 1.54) is 6.20 Å². The maximum Gasteiger partial charge on any atom is 0.319 e. The van der Waals surface area contributed by atoms with Crippen molar-refractivity contribution in [1.29, 1.82) is 0 Å². The van der Waals surface area contributed by atoms with Crippen molar-refractivity contribution < 1.29 is 19.5 Å². The van der Waals surface area contributed by atoms with Crippen LogP contribution in [-0.4, -0.2) is 34.0 Å². The van der Waals surface area contributed by atoms with Crippen LogP contribution in [0.1, 0.15) is 41.2 Å². The van der Waals surface area contributed by atoms with Crippen LogP contribution in [0.15, 0.2) is 48.8 Å². The monoisotopic (exact) mass is 368 g/mol. The summed E-state index contributed by atoms with van der Waals surface area (Å²) in [5.41, 5.74) is 1.55. The highest BCUT2D eigenvalue weighted by Crippen LogP contribution is 2.19. The molecule has 140 valence electrons. The molecule has 4 N–H and O–H groups in total. The number of hydrogen-bond donors (Lipinski definition) is 4. The molecule has 1 aromatic carbocycles. The molecule has 1 heterocycles. The molecular formula is C19H20N4O4. The van der Waals surface area contributed by atoms with Gasteiger partial charge in [-0.3, -0.25) is 14.6 Å². The van der Waals surface area contributed by atoms with Crippen molar-refractivity contribution in [1.82, 2.24) is 15.6 Å². The lowest BCUT2D eigenvalue weighted by Crippen LogP contribution is -2.31. The molecule has 0 radical (unpaired) electrons. The molecule has 8 nitrogen and oxygen atoms in total. The number of carbonyl (C=O) groups is 3. The van der Waals surface area contributed by atoms with Gasteiger partial charge < -0.3 is 21.1 Å². The summed E-state index contributed by atoms with van der Waals surface area (Å²) < 4.78 is 0. The highest BCUT2D eigenvalue weighted by atomic mass is 16.4. The summed E-state index contributed by atoms with van der Waals surface area (Å²) in [7, 11) is 0. The van der Waals surface area contributed by atoms with Crippen LogP contribution in [0.2, 0.25) is 0 Å². The topological polar surface area (TPSA) is 120 Å². The van der Waals surface area contributed by atoms with E-state index in [1.807, 2.05) is 0 Å². The van der Waals surface area contributed by atoms with E-state index in [2.05, 4.69) is 20.9 Å². The molecule has 0 spiro atoms. The van der Waals surface area contributed by atoms with Gasteiger partial charge in [0.1, 0.15) is 0 Å². The average molecular weight is 368 g/mol. The summed E-state index contributed by atoms with van der Waals surface area (Å²) in [6, 6.07) is 9.09. The van der Waals surface area contributed by atoms with Crippen LogP contribution in [0.5, 0.6) is 0 Å². The van der Waals surface area contributed by atoms with Crippen LogP contribution < -0.4 is 16.0 Å². The normalized spacial score (nSPS) is 14.1. The number of nitrogens with zero attached hydrogens (tertiary/aromatic N) is 1. The number of pyridine rings is 1. The molecule has 3 rings (SSSR count). The standard InChI is InChI=1S/C19H20N4O4/c24-17(25)10-16(13-2-1-9-20-11-13)23-18(26)12-3-5-14(6-4-12)21-19(27)22-15-7-8-15/h1-6,9,11,15-16H,7-8,10H2,(H,23,26)(H,24,25)(H2,21,22,27)/t16-/m1/s1. The third kappa shape index (κ3) is 5.53. The van der Waals surface area contributed by atoms with Crippen LogP contribution in [0, 0.1) is 0 Å². The van der Waals surface area contributed by atoms with Gasteiger partial charge in [-0.05, 0) is 48.7 Å². The highest BCUT2D eigenvalue weighted by Gasteiger charge is 2.23. The van der Waals surface area contributed by atoms with Gasteiger partial charge in [0.15, 0.2) is 0 Å². The number of aliphatic carboxylic acids is 1. The van der Waals surface area contributed by atoms with Gasteiger partial charge in [0.2, 0.25) is 0 Å². The van der Waals surface area contributed by atoms with Gasteiger partial charge in [-0.1, -0.05) is 6.07 Å². The number of anilines is 1. The molecule has 1 aliphatic carbocycles. The van der Waals surface area contributed by atoms with Crippen LogP contribution >= 0.6 is 0 Å². The fourth-order valence-electron chi connectivity index (χ4n) is 2.54. The SMILES string of the molecule is O=C(O)C[C@@H](NC(=O)c1ccc(NC(=O)NC2CC2)cc1)c1cccnc1. The Labute approximate surface area is 156 Å². The third-order valence-corrected chi connectivity index (χ3v) is 4.09. The van der Waals surface area contributed by atoms with Gasteiger partial charge in [0.05, 0.1) is 12.5 Å². The molecule has 1 saturated carbocycles. The first-order valence-electron chi connectivity index (χ1n) is 8.61. The zero-order valence-corrected chi connectivity index (χ0v) is 14.5. The van der Waals surface area contributed by atoms with Gasteiger partial charge in [-0.25, -0.2) is 4.79 Å². The predicted octanol–water partition coefficient (Wildman–Crippen LogP) is 2.31. The number of carboxylic acids is 1. The summed E-state index contributed by atoms with van der Waals surface area (Å²) in [4.78, 5) is 39.3. The molecule has 1 aromatic heterocycles. The van der Waals surface area contributed by atoms with E-state index in [1.54, 1.807) is 42.6 Å². The second-order valence-electron chi connectivity index (χ2n) is 6.36. The van der Waals surface area contributed by atoms with Crippen molar-refractivity contribution in [3.8, 4) is 0 Å². The Morgan fingerprint density at radius 2 is 1.89 bits per heavy atom. The number of nitrogens with one attached hydrogen (secondary N) is 3. The van der Waals surface area contributed by atoms with Crippen LogP contribution in [0.4, 0.5) is 10.5 Å². The van der Waals surface area contributed by atoms with E-state index in [-0.39, 0.29) is 18.5 Å². The fraction of sp³-hybridized carbons (Fsp3) is 0.263. The first-order valence-corrected chi connectivity index (χ1v) is 8.61. The molecule has 2 aromatic rings. The summed E-state index contributed by atoms with van der Waals surface area (Å²) in [5.74, 6) is -1.43. The molecule has 3 amide bonds. The molecular weight excluding hydrogens is 348 g/mol. The van der Waals surface area contributed by atoms with Gasteiger partial charge in [0, 0.05) is 29.7 Å². The second kappa shape index (κ2) is 8.31. The lowest BCUT2D eigenvalue weighted by Gasteiger charge is -2.17. The first kappa shape index (κ1) is 18.4. The number of benzene rings is 1. The quantitative estimate of drug-likeness (QED) is 0.598.